The lowest BCUT2D eigenvalue weighted by atomic mass is 9.93. The van der Waals surface area contributed by atoms with Crippen LogP contribution in [0.2, 0.25) is 0 Å². The molecular formula is C14H22ClFN2O4S. The Kier molecular flexibility index (Phi) is 7.06. The second kappa shape index (κ2) is 8.14. The number of halogens is 2. The molecule has 1 aromatic rings. The Balaban J connectivity index is 0.00000264. The van der Waals surface area contributed by atoms with Crippen LogP contribution in [0.5, 0.6) is 11.5 Å². The molecule has 0 unspecified atom stereocenters. The maximum absolute atomic E-state index is 14.1. The lowest BCUT2D eigenvalue weighted by molar-refractivity contribution is 0.349. The molecule has 0 bridgehead atoms. The molecule has 0 saturated heterocycles. The highest BCUT2D eigenvalue weighted by Crippen LogP contribution is 2.32. The summed E-state index contributed by atoms with van der Waals surface area (Å²) in [6.45, 7) is 0. The standard InChI is InChI=1S/C14H21FN2O4S.ClH/c1-20-12-7-11(15)14(8-13(12)21-2)22(18,19)17-10-5-3-9(16)4-6-10;/h7-10,17H,3-6,16H2,1-2H3;1H. The van der Waals surface area contributed by atoms with E-state index in [2.05, 4.69) is 4.72 Å². The first kappa shape index (κ1) is 20.0. The Morgan fingerprint density at radius 1 is 1.13 bits per heavy atom. The minimum absolute atomic E-state index is 0. The molecule has 2 rings (SSSR count). The van der Waals surface area contributed by atoms with Crippen molar-refractivity contribution in [1.29, 1.82) is 0 Å². The van der Waals surface area contributed by atoms with E-state index in [1.807, 2.05) is 0 Å². The van der Waals surface area contributed by atoms with Crippen LogP contribution in [-0.2, 0) is 10.0 Å². The summed E-state index contributed by atoms with van der Waals surface area (Å²) in [6.07, 6.45) is 2.80. The van der Waals surface area contributed by atoms with Crippen molar-refractivity contribution in [2.24, 2.45) is 5.73 Å². The van der Waals surface area contributed by atoms with Gasteiger partial charge < -0.3 is 15.2 Å². The van der Waals surface area contributed by atoms with Gasteiger partial charge in [0.2, 0.25) is 10.0 Å². The molecule has 0 spiro atoms. The van der Waals surface area contributed by atoms with Crippen molar-refractivity contribution >= 4 is 22.4 Å². The average Bonchev–Trinajstić information content (AvgIpc) is 2.48. The van der Waals surface area contributed by atoms with Gasteiger partial charge in [-0.25, -0.2) is 17.5 Å². The molecule has 3 N–H and O–H groups in total. The van der Waals surface area contributed by atoms with Gasteiger partial charge in [-0.15, -0.1) is 12.4 Å². The predicted octanol–water partition coefficient (Wildman–Crippen LogP) is 1.81. The van der Waals surface area contributed by atoms with Crippen LogP contribution in [0.25, 0.3) is 0 Å². The fraction of sp³-hybridized carbons (Fsp3) is 0.571. The summed E-state index contributed by atoms with van der Waals surface area (Å²) < 4.78 is 51.4. The molecule has 1 aliphatic carbocycles. The third kappa shape index (κ3) is 4.69. The smallest absolute Gasteiger partial charge is 0.243 e. The molecule has 23 heavy (non-hydrogen) atoms. The minimum atomic E-state index is -3.97. The summed E-state index contributed by atoms with van der Waals surface area (Å²) in [6, 6.07) is 2.02. The highest BCUT2D eigenvalue weighted by molar-refractivity contribution is 7.89. The van der Waals surface area contributed by atoms with Gasteiger partial charge >= 0.3 is 0 Å². The molecule has 0 atom stereocenters. The Labute approximate surface area is 142 Å². The number of hydrogen-bond donors (Lipinski definition) is 2. The fourth-order valence-corrected chi connectivity index (χ4v) is 3.94. The topological polar surface area (TPSA) is 90.7 Å². The summed E-state index contributed by atoms with van der Waals surface area (Å²) in [7, 11) is -1.25. The fourth-order valence-electron chi connectivity index (χ4n) is 2.56. The highest BCUT2D eigenvalue weighted by atomic mass is 35.5. The van der Waals surface area contributed by atoms with Gasteiger partial charge in [0.15, 0.2) is 11.5 Å². The van der Waals surface area contributed by atoms with Crippen molar-refractivity contribution in [3.63, 3.8) is 0 Å². The zero-order chi connectivity index (χ0) is 16.3. The second-order valence-electron chi connectivity index (χ2n) is 5.37. The first-order valence-electron chi connectivity index (χ1n) is 7.07. The Morgan fingerprint density at radius 3 is 2.17 bits per heavy atom. The van der Waals surface area contributed by atoms with Crippen LogP contribution in [-0.4, -0.2) is 34.7 Å². The molecule has 132 valence electrons. The number of rotatable bonds is 5. The SMILES string of the molecule is COc1cc(F)c(S(=O)(=O)NC2CCC(N)CC2)cc1OC.Cl. The Bertz CT molecular complexity index is 634. The largest absolute Gasteiger partial charge is 0.493 e. The van der Waals surface area contributed by atoms with Crippen LogP contribution in [0, 0.1) is 5.82 Å². The summed E-state index contributed by atoms with van der Waals surface area (Å²) in [5, 5.41) is 0. The monoisotopic (exact) mass is 368 g/mol. The maximum atomic E-state index is 14.1. The van der Waals surface area contributed by atoms with Crippen LogP contribution < -0.4 is 19.9 Å². The number of ether oxygens (including phenoxy) is 2. The van der Waals surface area contributed by atoms with Gasteiger partial charge in [0.25, 0.3) is 0 Å². The number of nitrogens with two attached hydrogens (primary N) is 1. The van der Waals surface area contributed by atoms with Crippen LogP contribution in [0.4, 0.5) is 4.39 Å². The molecule has 0 amide bonds. The lowest BCUT2D eigenvalue weighted by Gasteiger charge is -2.26. The first-order valence-corrected chi connectivity index (χ1v) is 8.55. The van der Waals surface area contributed by atoms with E-state index in [-0.39, 0.29) is 36.0 Å². The molecule has 0 radical (unpaired) electrons. The zero-order valence-electron chi connectivity index (χ0n) is 13.0. The molecule has 1 aliphatic rings. The normalized spacial score (nSPS) is 21.4. The van der Waals surface area contributed by atoms with E-state index < -0.39 is 20.7 Å². The van der Waals surface area contributed by atoms with Gasteiger partial charge in [0.05, 0.1) is 14.2 Å². The van der Waals surface area contributed by atoms with Gasteiger partial charge in [0.1, 0.15) is 10.7 Å². The molecule has 1 aromatic carbocycles. The summed E-state index contributed by atoms with van der Waals surface area (Å²) >= 11 is 0. The number of methoxy groups -OCH3 is 2. The van der Waals surface area contributed by atoms with Crippen molar-refractivity contribution in [3.05, 3.63) is 17.9 Å². The number of nitrogens with one attached hydrogen (secondary N) is 1. The number of hydrogen-bond acceptors (Lipinski definition) is 5. The van der Waals surface area contributed by atoms with Crippen molar-refractivity contribution in [2.45, 2.75) is 42.7 Å². The zero-order valence-corrected chi connectivity index (χ0v) is 14.7. The van der Waals surface area contributed by atoms with E-state index in [9.17, 15) is 12.8 Å². The van der Waals surface area contributed by atoms with Crippen molar-refractivity contribution in [2.75, 3.05) is 14.2 Å². The lowest BCUT2D eigenvalue weighted by Crippen LogP contribution is -2.40. The van der Waals surface area contributed by atoms with Gasteiger partial charge in [-0.2, -0.15) is 0 Å². The summed E-state index contributed by atoms with van der Waals surface area (Å²) in [5.74, 6) is -0.574. The van der Waals surface area contributed by atoms with Crippen LogP contribution in [0.15, 0.2) is 17.0 Å². The Hall–Kier alpha value is -1.09. The van der Waals surface area contributed by atoms with Gasteiger partial charge in [-0.05, 0) is 25.7 Å². The van der Waals surface area contributed by atoms with E-state index in [0.717, 1.165) is 25.0 Å². The quantitative estimate of drug-likeness (QED) is 0.827. The van der Waals surface area contributed by atoms with Crippen LogP contribution >= 0.6 is 12.4 Å². The summed E-state index contributed by atoms with van der Waals surface area (Å²) in [5.41, 5.74) is 5.80. The first-order chi connectivity index (χ1) is 10.4. The number of sulfonamides is 1. The molecule has 1 saturated carbocycles. The van der Waals surface area contributed by atoms with Gasteiger partial charge in [0, 0.05) is 24.2 Å². The molecule has 1 fully saturated rings. The minimum Gasteiger partial charge on any atom is -0.493 e. The second-order valence-corrected chi connectivity index (χ2v) is 7.05. The molecule has 0 aliphatic heterocycles. The molecule has 0 aromatic heterocycles. The molecule has 9 heteroatoms. The van der Waals surface area contributed by atoms with Gasteiger partial charge in [-0.3, -0.25) is 0 Å². The molecule has 0 heterocycles. The molecular weight excluding hydrogens is 347 g/mol. The van der Waals surface area contributed by atoms with Crippen molar-refractivity contribution in [1.82, 2.24) is 4.72 Å². The van der Waals surface area contributed by atoms with Crippen molar-refractivity contribution < 1.29 is 22.3 Å². The summed E-state index contributed by atoms with van der Waals surface area (Å²) in [4.78, 5) is -0.444. The van der Waals surface area contributed by atoms with Crippen LogP contribution in [0.1, 0.15) is 25.7 Å². The highest BCUT2D eigenvalue weighted by Gasteiger charge is 2.27. The Morgan fingerprint density at radius 2 is 1.65 bits per heavy atom. The van der Waals surface area contributed by atoms with Gasteiger partial charge in [-0.1, -0.05) is 0 Å². The van der Waals surface area contributed by atoms with Crippen LogP contribution in [0.3, 0.4) is 0 Å². The predicted molar refractivity (Wildman–Crippen MR) is 87.3 cm³/mol. The van der Waals surface area contributed by atoms with Crippen molar-refractivity contribution in [3.8, 4) is 11.5 Å². The average molecular weight is 369 g/mol. The van der Waals surface area contributed by atoms with E-state index in [1.165, 1.54) is 14.2 Å². The van der Waals surface area contributed by atoms with E-state index in [4.69, 9.17) is 15.2 Å². The van der Waals surface area contributed by atoms with E-state index >= 15 is 0 Å². The maximum Gasteiger partial charge on any atom is 0.243 e. The van der Waals surface area contributed by atoms with E-state index in [0.29, 0.717) is 12.8 Å². The molecule has 6 nitrogen and oxygen atoms in total. The third-order valence-corrected chi connectivity index (χ3v) is 5.36. The number of benzene rings is 1. The van der Waals surface area contributed by atoms with E-state index in [1.54, 1.807) is 0 Å². The third-order valence-electron chi connectivity index (χ3n) is 3.82.